The lowest BCUT2D eigenvalue weighted by Gasteiger charge is -2.20. The molecule has 1 fully saturated rings. The van der Waals surface area contributed by atoms with E-state index in [1.807, 2.05) is 0 Å². The van der Waals surface area contributed by atoms with Crippen LogP contribution in [0.4, 0.5) is 0 Å². The van der Waals surface area contributed by atoms with Crippen LogP contribution in [0.15, 0.2) is 12.1 Å². The second-order valence-corrected chi connectivity index (χ2v) is 5.23. The van der Waals surface area contributed by atoms with Crippen molar-refractivity contribution in [1.82, 2.24) is 5.32 Å². The maximum Gasteiger partial charge on any atom is 0.251 e. The molecule has 0 aliphatic carbocycles. The van der Waals surface area contributed by atoms with Crippen molar-refractivity contribution >= 4 is 17.5 Å². The van der Waals surface area contributed by atoms with Gasteiger partial charge >= 0.3 is 0 Å². The van der Waals surface area contributed by atoms with Crippen molar-refractivity contribution in [3.05, 3.63) is 22.7 Å². The zero-order valence-electron chi connectivity index (χ0n) is 11.0. The highest BCUT2D eigenvalue weighted by molar-refractivity contribution is 6.32. The molecule has 0 bridgehead atoms. The van der Waals surface area contributed by atoms with Crippen molar-refractivity contribution < 1.29 is 19.0 Å². The van der Waals surface area contributed by atoms with E-state index in [9.17, 15) is 4.79 Å². The molecule has 1 saturated heterocycles. The summed E-state index contributed by atoms with van der Waals surface area (Å²) in [5, 5.41) is 3.25. The third-order valence-corrected chi connectivity index (χ3v) is 3.65. The molecule has 108 valence electrons. The third-order valence-electron chi connectivity index (χ3n) is 3.37. The predicted molar refractivity (Wildman–Crippen MR) is 73.7 cm³/mol. The smallest absolute Gasteiger partial charge is 0.251 e. The van der Waals surface area contributed by atoms with Crippen molar-refractivity contribution in [2.75, 3.05) is 26.4 Å². The standard InChI is InChI=1S/C14H16ClNO4/c15-11-6-9(7-12-13(11)20-5-4-19-12)14(17)16-8-10-2-1-3-18-10/h6-7,10H,1-5,8H2,(H,16,17). The zero-order chi connectivity index (χ0) is 13.9. The predicted octanol–water partition coefficient (Wildman–Crippen LogP) is 2.02. The molecule has 1 atom stereocenters. The van der Waals surface area contributed by atoms with E-state index in [0.717, 1.165) is 19.4 Å². The van der Waals surface area contributed by atoms with Crippen molar-refractivity contribution in [1.29, 1.82) is 0 Å². The van der Waals surface area contributed by atoms with E-state index in [2.05, 4.69) is 5.32 Å². The minimum Gasteiger partial charge on any atom is -0.486 e. The number of fused-ring (bicyclic) bond motifs is 1. The highest BCUT2D eigenvalue weighted by Gasteiger charge is 2.20. The van der Waals surface area contributed by atoms with Crippen molar-refractivity contribution in [2.45, 2.75) is 18.9 Å². The van der Waals surface area contributed by atoms with Crippen molar-refractivity contribution in [2.24, 2.45) is 0 Å². The molecule has 1 aromatic rings. The summed E-state index contributed by atoms with van der Waals surface area (Å²) in [6.45, 7) is 2.23. The van der Waals surface area contributed by atoms with Crippen LogP contribution in [0.25, 0.3) is 0 Å². The summed E-state index contributed by atoms with van der Waals surface area (Å²) in [5.74, 6) is 0.846. The van der Waals surface area contributed by atoms with E-state index in [4.69, 9.17) is 25.8 Å². The third kappa shape index (κ3) is 2.83. The molecule has 5 nitrogen and oxygen atoms in total. The fourth-order valence-electron chi connectivity index (χ4n) is 2.36. The first-order valence-corrected chi connectivity index (χ1v) is 7.11. The first-order chi connectivity index (χ1) is 9.74. The van der Waals surface area contributed by atoms with Crippen LogP contribution in [-0.2, 0) is 4.74 Å². The summed E-state index contributed by atoms with van der Waals surface area (Å²) < 4.78 is 16.3. The van der Waals surface area contributed by atoms with Gasteiger partial charge in [0, 0.05) is 18.7 Å². The molecule has 2 heterocycles. The number of hydrogen-bond acceptors (Lipinski definition) is 4. The highest BCUT2D eigenvalue weighted by atomic mass is 35.5. The number of amides is 1. The lowest BCUT2D eigenvalue weighted by molar-refractivity contribution is 0.0857. The Balaban J connectivity index is 1.69. The molecule has 1 aromatic carbocycles. The number of halogens is 1. The number of ether oxygens (including phenoxy) is 3. The minimum absolute atomic E-state index is 0.117. The van der Waals surface area contributed by atoms with Crippen molar-refractivity contribution in [3.8, 4) is 11.5 Å². The fraction of sp³-hybridized carbons (Fsp3) is 0.500. The molecule has 0 saturated carbocycles. The van der Waals surface area contributed by atoms with Crippen LogP contribution < -0.4 is 14.8 Å². The molecule has 2 aliphatic heterocycles. The summed E-state index contributed by atoms with van der Waals surface area (Å²) in [6.07, 6.45) is 2.16. The van der Waals surface area contributed by atoms with Gasteiger partial charge in [-0.15, -0.1) is 0 Å². The zero-order valence-corrected chi connectivity index (χ0v) is 11.7. The normalized spacial score (nSPS) is 20.8. The van der Waals surface area contributed by atoms with E-state index in [1.165, 1.54) is 0 Å². The Hall–Kier alpha value is -1.46. The fourth-order valence-corrected chi connectivity index (χ4v) is 2.62. The minimum atomic E-state index is -0.181. The summed E-state index contributed by atoms with van der Waals surface area (Å²) >= 11 is 6.11. The monoisotopic (exact) mass is 297 g/mol. The molecular formula is C14H16ClNO4. The topological polar surface area (TPSA) is 56.8 Å². The van der Waals surface area contributed by atoms with Gasteiger partial charge in [-0.1, -0.05) is 11.6 Å². The Morgan fingerprint density at radius 2 is 2.15 bits per heavy atom. The second kappa shape index (κ2) is 5.89. The van der Waals surface area contributed by atoms with Gasteiger partial charge in [-0.3, -0.25) is 4.79 Å². The van der Waals surface area contributed by atoms with Crippen LogP contribution in [0.2, 0.25) is 5.02 Å². The molecule has 2 aliphatic rings. The Bertz CT molecular complexity index is 514. The molecular weight excluding hydrogens is 282 g/mol. The van der Waals surface area contributed by atoms with Crippen LogP contribution in [0.3, 0.4) is 0 Å². The average Bonchev–Trinajstić information content (AvgIpc) is 2.98. The Morgan fingerprint density at radius 3 is 2.95 bits per heavy atom. The number of hydrogen-bond donors (Lipinski definition) is 1. The van der Waals surface area contributed by atoms with Crippen molar-refractivity contribution in [3.63, 3.8) is 0 Å². The van der Waals surface area contributed by atoms with E-state index in [-0.39, 0.29) is 12.0 Å². The van der Waals surface area contributed by atoms with E-state index < -0.39 is 0 Å². The molecule has 1 unspecified atom stereocenters. The summed E-state index contributed by atoms with van der Waals surface area (Å²) in [7, 11) is 0. The quantitative estimate of drug-likeness (QED) is 0.927. The molecule has 1 N–H and O–H groups in total. The number of nitrogens with one attached hydrogen (secondary N) is 1. The van der Waals surface area contributed by atoms with Gasteiger partial charge in [0.15, 0.2) is 11.5 Å². The second-order valence-electron chi connectivity index (χ2n) is 4.83. The lowest BCUT2D eigenvalue weighted by Crippen LogP contribution is -2.31. The molecule has 20 heavy (non-hydrogen) atoms. The molecule has 0 spiro atoms. The van der Waals surface area contributed by atoms with Crippen LogP contribution in [0, 0.1) is 0 Å². The molecule has 1 amide bonds. The van der Waals surface area contributed by atoms with E-state index >= 15 is 0 Å². The summed E-state index contributed by atoms with van der Waals surface area (Å²) in [4.78, 5) is 12.1. The first kappa shape index (κ1) is 13.5. The van der Waals surface area contributed by atoms with Crippen LogP contribution in [-0.4, -0.2) is 38.4 Å². The summed E-state index contributed by atoms with van der Waals surface area (Å²) in [6, 6.07) is 3.26. The number of rotatable bonds is 3. The van der Waals surface area contributed by atoms with Crippen LogP contribution in [0.1, 0.15) is 23.2 Å². The van der Waals surface area contributed by atoms with Crippen LogP contribution in [0.5, 0.6) is 11.5 Å². The summed E-state index contributed by atoms with van der Waals surface area (Å²) in [5.41, 5.74) is 0.470. The SMILES string of the molecule is O=C(NCC1CCCO1)c1cc(Cl)c2c(c1)OCCO2. The number of carbonyl (C=O) groups excluding carboxylic acids is 1. The molecule has 0 radical (unpaired) electrons. The Kier molecular flexibility index (Phi) is 3.98. The highest BCUT2D eigenvalue weighted by Crippen LogP contribution is 2.38. The van der Waals surface area contributed by atoms with Gasteiger partial charge < -0.3 is 19.5 Å². The first-order valence-electron chi connectivity index (χ1n) is 6.73. The molecule has 3 rings (SSSR count). The molecule has 0 aromatic heterocycles. The maximum atomic E-state index is 12.1. The van der Waals surface area contributed by atoms with Gasteiger partial charge in [-0.05, 0) is 25.0 Å². The van der Waals surface area contributed by atoms with Gasteiger partial charge in [-0.25, -0.2) is 0 Å². The van der Waals surface area contributed by atoms with E-state index in [1.54, 1.807) is 12.1 Å². The van der Waals surface area contributed by atoms with Gasteiger partial charge in [0.1, 0.15) is 13.2 Å². The van der Waals surface area contributed by atoms with Gasteiger partial charge in [-0.2, -0.15) is 0 Å². The van der Waals surface area contributed by atoms with E-state index in [0.29, 0.717) is 41.8 Å². The number of benzene rings is 1. The van der Waals surface area contributed by atoms with Gasteiger partial charge in [0.25, 0.3) is 5.91 Å². The average molecular weight is 298 g/mol. The molecule has 6 heteroatoms. The lowest BCUT2D eigenvalue weighted by atomic mass is 10.1. The maximum absolute atomic E-state index is 12.1. The Morgan fingerprint density at radius 1 is 1.30 bits per heavy atom. The number of carbonyl (C=O) groups is 1. The van der Waals surface area contributed by atoms with Gasteiger partial charge in [0.2, 0.25) is 0 Å². The van der Waals surface area contributed by atoms with Gasteiger partial charge in [0.05, 0.1) is 11.1 Å². The van der Waals surface area contributed by atoms with Crippen LogP contribution >= 0.6 is 11.6 Å². The largest absolute Gasteiger partial charge is 0.486 e. The Labute approximate surface area is 122 Å².